The molecule has 86 valence electrons. The van der Waals surface area contributed by atoms with Gasteiger partial charge in [0.05, 0.1) is 23.5 Å². The molecule has 0 fully saturated rings. The van der Waals surface area contributed by atoms with Crippen LogP contribution in [-0.2, 0) is 4.74 Å². The van der Waals surface area contributed by atoms with Crippen LogP contribution in [0.3, 0.4) is 0 Å². The molecular formula is C9H12Cl2N2O2-2. The molecule has 0 aliphatic heterocycles. The number of carbonyl (C=O) groups excluding carboxylic acids is 1. The van der Waals surface area contributed by atoms with Crippen molar-refractivity contribution in [2.75, 3.05) is 18.1 Å². The molecular weight excluding hydrogens is 239 g/mol. The van der Waals surface area contributed by atoms with Gasteiger partial charge in [0, 0.05) is 0 Å². The predicted octanol–water partition coefficient (Wildman–Crippen LogP) is -4.96. The monoisotopic (exact) mass is 250 g/mol. The number of carbonyl (C=O) groups is 1. The van der Waals surface area contributed by atoms with Crippen molar-refractivity contribution < 1.29 is 34.3 Å². The number of hydrogen-bond acceptors (Lipinski definition) is 4. The van der Waals surface area contributed by atoms with Crippen LogP contribution in [0.5, 0.6) is 0 Å². The van der Waals surface area contributed by atoms with E-state index in [-0.39, 0.29) is 30.8 Å². The maximum Gasteiger partial charge on any atom is 0.338 e. The van der Waals surface area contributed by atoms with Gasteiger partial charge in [0.15, 0.2) is 0 Å². The Morgan fingerprint density at radius 2 is 1.87 bits per heavy atom. The third-order valence-electron chi connectivity index (χ3n) is 1.60. The molecule has 0 aromatic heterocycles. The van der Waals surface area contributed by atoms with E-state index < -0.39 is 0 Å². The van der Waals surface area contributed by atoms with Crippen LogP contribution in [0.4, 0.5) is 11.4 Å². The van der Waals surface area contributed by atoms with E-state index in [0.717, 1.165) is 0 Å². The van der Waals surface area contributed by atoms with E-state index in [0.29, 0.717) is 23.5 Å². The van der Waals surface area contributed by atoms with Gasteiger partial charge in [0.25, 0.3) is 0 Å². The highest BCUT2D eigenvalue weighted by Gasteiger charge is 2.06. The van der Waals surface area contributed by atoms with Crippen LogP contribution in [0, 0.1) is 0 Å². The molecule has 1 rings (SSSR count). The summed E-state index contributed by atoms with van der Waals surface area (Å²) in [5, 5.41) is 0. The second kappa shape index (κ2) is 7.20. The van der Waals surface area contributed by atoms with E-state index in [2.05, 4.69) is 0 Å². The van der Waals surface area contributed by atoms with Crippen molar-refractivity contribution in [1.82, 2.24) is 0 Å². The van der Waals surface area contributed by atoms with Crippen molar-refractivity contribution in [2.45, 2.75) is 6.92 Å². The van der Waals surface area contributed by atoms with E-state index in [4.69, 9.17) is 16.2 Å². The Morgan fingerprint density at radius 3 is 2.33 bits per heavy atom. The lowest BCUT2D eigenvalue weighted by atomic mass is 10.2. The van der Waals surface area contributed by atoms with Crippen LogP contribution in [0.25, 0.3) is 0 Å². The second-order valence-corrected chi connectivity index (χ2v) is 2.56. The summed E-state index contributed by atoms with van der Waals surface area (Å²) in [5.41, 5.74) is 12.3. The first kappa shape index (κ1) is 16.3. The fourth-order valence-electron chi connectivity index (χ4n) is 0.916. The van der Waals surface area contributed by atoms with Gasteiger partial charge in [-0.15, -0.1) is 0 Å². The molecule has 1 aromatic carbocycles. The number of hydrogen-bond donors (Lipinski definition) is 2. The Labute approximate surface area is 101 Å². The van der Waals surface area contributed by atoms with Crippen LogP contribution in [0.1, 0.15) is 17.3 Å². The molecule has 4 nitrogen and oxygen atoms in total. The molecule has 0 spiro atoms. The number of halogens is 2. The number of nitrogens with two attached hydrogens (primary N) is 2. The van der Waals surface area contributed by atoms with Crippen LogP contribution in [0.2, 0.25) is 0 Å². The smallest absolute Gasteiger partial charge is 0.338 e. The lowest BCUT2D eigenvalue weighted by molar-refractivity contribution is -0.00100. The maximum absolute atomic E-state index is 11.2. The van der Waals surface area contributed by atoms with Crippen molar-refractivity contribution >= 4 is 17.3 Å². The molecule has 0 saturated heterocycles. The minimum absolute atomic E-state index is 0. The Bertz CT molecular complexity index is 332. The molecule has 0 saturated carbocycles. The summed E-state index contributed by atoms with van der Waals surface area (Å²) >= 11 is 0. The maximum atomic E-state index is 11.2. The summed E-state index contributed by atoms with van der Waals surface area (Å²) in [7, 11) is 0. The summed E-state index contributed by atoms with van der Waals surface area (Å²) in [6.07, 6.45) is 0. The van der Waals surface area contributed by atoms with E-state index in [9.17, 15) is 4.79 Å². The third-order valence-corrected chi connectivity index (χ3v) is 1.60. The molecule has 0 bridgehead atoms. The number of benzene rings is 1. The molecule has 0 aliphatic rings. The molecule has 6 heteroatoms. The molecule has 0 atom stereocenters. The molecule has 0 radical (unpaired) electrons. The zero-order valence-electron chi connectivity index (χ0n) is 8.17. The van der Waals surface area contributed by atoms with Crippen molar-refractivity contribution in [2.24, 2.45) is 0 Å². The van der Waals surface area contributed by atoms with Crippen LogP contribution < -0.4 is 36.3 Å². The Kier molecular flexibility index (Phi) is 7.83. The largest absolute Gasteiger partial charge is 1.00 e. The quantitative estimate of drug-likeness (QED) is 0.408. The van der Waals surface area contributed by atoms with Crippen LogP contribution in [-0.4, -0.2) is 12.6 Å². The third kappa shape index (κ3) is 4.27. The van der Waals surface area contributed by atoms with Crippen LogP contribution in [0.15, 0.2) is 18.2 Å². The van der Waals surface area contributed by atoms with E-state index in [1.165, 1.54) is 6.07 Å². The van der Waals surface area contributed by atoms with Crippen molar-refractivity contribution in [3.05, 3.63) is 23.8 Å². The van der Waals surface area contributed by atoms with Crippen molar-refractivity contribution in [3.63, 3.8) is 0 Å². The van der Waals surface area contributed by atoms with Gasteiger partial charge >= 0.3 is 5.97 Å². The SMILES string of the molecule is CCOC(=O)c1ccc(N)c(N)c1.[Cl-].[Cl-]. The molecule has 0 heterocycles. The van der Waals surface area contributed by atoms with Gasteiger partial charge in [-0.2, -0.15) is 0 Å². The van der Waals surface area contributed by atoms with Crippen molar-refractivity contribution in [3.8, 4) is 0 Å². The zero-order valence-corrected chi connectivity index (χ0v) is 9.68. The Hall–Kier alpha value is -1.13. The van der Waals surface area contributed by atoms with Gasteiger partial charge in [-0.05, 0) is 25.1 Å². The number of nitrogen functional groups attached to an aromatic ring is 2. The first-order chi connectivity index (χ1) is 6.15. The summed E-state index contributed by atoms with van der Waals surface area (Å²) in [5.74, 6) is -0.380. The highest BCUT2D eigenvalue weighted by Crippen LogP contribution is 2.16. The summed E-state index contributed by atoms with van der Waals surface area (Å²) in [6, 6.07) is 4.68. The first-order valence-corrected chi connectivity index (χ1v) is 3.97. The lowest BCUT2D eigenvalue weighted by Gasteiger charge is -2.03. The fourth-order valence-corrected chi connectivity index (χ4v) is 0.916. The average Bonchev–Trinajstić information content (AvgIpc) is 2.10. The van der Waals surface area contributed by atoms with Crippen molar-refractivity contribution in [1.29, 1.82) is 0 Å². The van der Waals surface area contributed by atoms with Gasteiger partial charge in [-0.25, -0.2) is 4.79 Å². The number of rotatable bonds is 2. The van der Waals surface area contributed by atoms with Gasteiger partial charge < -0.3 is 41.0 Å². The molecule has 4 N–H and O–H groups in total. The van der Waals surface area contributed by atoms with E-state index in [1.807, 2.05) is 0 Å². The van der Waals surface area contributed by atoms with Gasteiger partial charge in [-0.3, -0.25) is 0 Å². The first-order valence-electron chi connectivity index (χ1n) is 3.97. The summed E-state index contributed by atoms with van der Waals surface area (Å²) in [6.45, 7) is 2.10. The lowest BCUT2D eigenvalue weighted by Crippen LogP contribution is -3.00. The minimum Gasteiger partial charge on any atom is -1.00 e. The Morgan fingerprint density at radius 1 is 1.27 bits per heavy atom. The standard InChI is InChI=1S/C9H12N2O2.2ClH/c1-2-13-9(12)6-3-4-7(10)8(11)5-6;;/h3-5H,2,10-11H2,1H3;2*1H/p-2. The normalized spacial score (nSPS) is 8.33. The highest BCUT2D eigenvalue weighted by atomic mass is 35.5. The average molecular weight is 251 g/mol. The van der Waals surface area contributed by atoms with E-state index in [1.54, 1.807) is 19.1 Å². The highest BCUT2D eigenvalue weighted by molar-refractivity contribution is 5.91. The summed E-state index contributed by atoms with van der Waals surface area (Å²) < 4.78 is 4.79. The van der Waals surface area contributed by atoms with Gasteiger partial charge in [0.2, 0.25) is 0 Å². The van der Waals surface area contributed by atoms with E-state index >= 15 is 0 Å². The Balaban J connectivity index is 0. The fraction of sp³-hybridized carbons (Fsp3) is 0.222. The molecule has 0 amide bonds. The number of ether oxygens (including phenoxy) is 1. The second-order valence-electron chi connectivity index (χ2n) is 2.56. The zero-order chi connectivity index (χ0) is 9.84. The topological polar surface area (TPSA) is 78.3 Å². The molecule has 0 unspecified atom stereocenters. The molecule has 1 aromatic rings. The van der Waals surface area contributed by atoms with Gasteiger partial charge in [0.1, 0.15) is 0 Å². The number of anilines is 2. The number of esters is 1. The molecule has 15 heavy (non-hydrogen) atoms. The molecule has 0 aliphatic carbocycles. The minimum atomic E-state index is -0.380. The van der Waals surface area contributed by atoms with Crippen LogP contribution >= 0.6 is 0 Å². The summed E-state index contributed by atoms with van der Waals surface area (Å²) in [4.78, 5) is 11.2. The predicted molar refractivity (Wildman–Crippen MR) is 51.2 cm³/mol. The van der Waals surface area contributed by atoms with Gasteiger partial charge in [-0.1, -0.05) is 0 Å².